The highest BCUT2D eigenvalue weighted by molar-refractivity contribution is 6.60. The van der Waals surface area contributed by atoms with Gasteiger partial charge in [-0.25, -0.2) is 0 Å². The van der Waals surface area contributed by atoms with Gasteiger partial charge in [0, 0.05) is 25.2 Å². The van der Waals surface area contributed by atoms with Crippen molar-refractivity contribution < 1.29 is 22.8 Å². The van der Waals surface area contributed by atoms with Gasteiger partial charge >= 0.3 is 14.8 Å². The fraction of sp³-hybridized carbons (Fsp3) is 0.917. The van der Waals surface area contributed by atoms with E-state index in [-0.39, 0.29) is 30.5 Å². The Morgan fingerprint density at radius 2 is 1.22 bits per heavy atom. The maximum absolute atomic E-state index is 11.0. The van der Waals surface area contributed by atoms with E-state index < -0.39 is 8.80 Å². The fourth-order valence-electron chi connectivity index (χ4n) is 1.45. The van der Waals surface area contributed by atoms with E-state index in [0.29, 0.717) is 0 Å². The van der Waals surface area contributed by atoms with E-state index in [0.717, 1.165) is 0 Å². The Bertz CT molecular complexity index is 226. The van der Waals surface area contributed by atoms with E-state index in [1.807, 2.05) is 41.5 Å². The average molecular weight is 278 g/mol. The zero-order chi connectivity index (χ0) is 14.3. The lowest BCUT2D eigenvalue weighted by molar-refractivity contribution is -0.141. The summed E-state index contributed by atoms with van der Waals surface area (Å²) in [5.41, 5.74) is 0. The van der Waals surface area contributed by atoms with Crippen LogP contribution < -0.4 is 0 Å². The molecule has 0 aromatic heterocycles. The van der Waals surface area contributed by atoms with E-state index >= 15 is 0 Å². The van der Waals surface area contributed by atoms with Crippen LogP contribution >= 0.6 is 0 Å². The highest BCUT2D eigenvalue weighted by Crippen LogP contribution is 2.18. The van der Waals surface area contributed by atoms with Gasteiger partial charge in [-0.05, 0) is 41.5 Å². The summed E-state index contributed by atoms with van der Waals surface area (Å²) in [6.07, 6.45) is -0.101. The average Bonchev–Trinajstić information content (AvgIpc) is 2.11. The molecule has 18 heavy (non-hydrogen) atoms. The molecule has 0 unspecified atom stereocenters. The molecule has 0 radical (unpaired) electrons. The first-order chi connectivity index (χ1) is 8.17. The summed E-state index contributed by atoms with van der Waals surface area (Å²) < 4.78 is 22.5. The number of carbonyl (C=O) groups excluding carboxylic acids is 1. The third-order valence-corrected chi connectivity index (χ3v) is 4.69. The Hall–Kier alpha value is -0.433. The molecule has 5 nitrogen and oxygen atoms in total. The monoisotopic (exact) mass is 278 g/mol. The molecule has 6 heteroatoms. The predicted molar refractivity (Wildman–Crippen MR) is 71.1 cm³/mol. The Balaban J connectivity index is 4.91. The molecule has 0 fully saturated rings. The van der Waals surface area contributed by atoms with Gasteiger partial charge in [0.15, 0.2) is 6.23 Å². The van der Waals surface area contributed by atoms with Gasteiger partial charge in [0.25, 0.3) is 0 Å². The van der Waals surface area contributed by atoms with Crippen molar-refractivity contribution in [2.24, 2.45) is 0 Å². The molecule has 0 rings (SSSR count). The van der Waals surface area contributed by atoms with Crippen LogP contribution in [0.1, 0.15) is 48.5 Å². The normalized spacial score (nSPS) is 12.6. The predicted octanol–water partition coefficient (Wildman–Crippen LogP) is 2.30. The second-order valence-corrected chi connectivity index (χ2v) is 7.32. The second kappa shape index (κ2) is 7.88. The lowest BCUT2D eigenvalue weighted by Gasteiger charge is -2.33. The standard InChI is InChI=1S/C12H26O5Si/c1-9(2)15-18(16-10(3)4,17-11(5)6)8-14-12(7)13/h9-11H,8H2,1-7H3. The van der Waals surface area contributed by atoms with Crippen LogP contribution in [0.25, 0.3) is 0 Å². The quantitative estimate of drug-likeness (QED) is 0.504. The highest BCUT2D eigenvalue weighted by atomic mass is 28.4. The molecule has 0 N–H and O–H groups in total. The van der Waals surface area contributed by atoms with Crippen molar-refractivity contribution >= 4 is 14.8 Å². The van der Waals surface area contributed by atoms with Crippen molar-refractivity contribution in [2.75, 3.05) is 6.23 Å². The van der Waals surface area contributed by atoms with E-state index in [4.69, 9.17) is 18.0 Å². The Morgan fingerprint density at radius 3 is 1.44 bits per heavy atom. The molecule has 0 heterocycles. The molecule has 0 aliphatic heterocycles. The Morgan fingerprint density at radius 1 is 0.889 bits per heavy atom. The maximum atomic E-state index is 11.0. The van der Waals surface area contributed by atoms with Crippen molar-refractivity contribution in [2.45, 2.75) is 66.8 Å². The van der Waals surface area contributed by atoms with Gasteiger partial charge in [0.1, 0.15) is 0 Å². The van der Waals surface area contributed by atoms with Crippen molar-refractivity contribution in [1.82, 2.24) is 0 Å². The number of rotatable bonds is 8. The topological polar surface area (TPSA) is 54.0 Å². The molecule has 0 aliphatic carbocycles. The molecule has 0 aromatic carbocycles. The van der Waals surface area contributed by atoms with E-state index in [9.17, 15) is 4.79 Å². The summed E-state index contributed by atoms with van der Waals surface area (Å²) in [5, 5.41) is 0. The molecule has 0 saturated heterocycles. The third kappa shape index (κ3) is 7.81. The highest BCUT2D eigenvalue weighted by Gasteiger charge is 2.46. The lowest BCUT2D eigenvalue weighted by Crippen LogP contribution is -2.55. The minimum Gasteiger partial charge on any atom is -0.461 e. The molecular weight excluding hydrogens is 252 g/mol. The first kappa shape index (κ1) is 17.6. The van der Waals surface area contributed by atoms with Crippen LogP contribution in [0.5, 0.6) is 0 Å². The van der Waals surface area contributed by atoms with E-state index in [2.05, 4.69) is 0 Å². The summed E-state index contributed by atoms with van der Waals surface area (Å²) in [5.74, 6) is -0.362. The molecule has 0 aliphatic rings. The fourth-order valence-corrected chi connectivity index (χ4v) is 4.36. The number of ether oxygens (including phenoxy) is 1. The summed E-state index contributed by atoms with van der Waals surface area (Å²) in [6, 6.07) is 0. The van der Waals surface area contributed by atoms with Crippen molar-refractivity contribution in [3.05, 3.63) is 0 Å². The van der Waals surface area contributed by atoms with Crippen LogP contribution in [-0.2, 0) is 22.8 Å². The first-order valence-electron chi connectivity index (χ1n) is 6.33. The third-order valence-electron chi connectivity index (χ3n) is 1.70. The van der Waals surface area contributed by atoms with Crippen LogP contribution in [0.4, 0.5) is 0 Å². The van der Waals surface area contributed by atoms with E-state index in [1.165, 1.54) is 6.92 Å². The number of carbonyl (C=O) groups is 1. The van der Waals surface area contributed by atoms with Gasteiger partial charge in [-0.3, -0.25) is 4.79 Å². The SMILES string of the molecule is CC(=O)OC[Si](OC(C)C)(OC(C)C)OC(C)C. The van der Waals surface area contributed by atoms with Gasteiger partial charge in [0.05, 0.1) is 0 Å². The Labute approximate surface area is 111 Å². The zero-order valence-electron chi connectivity index (χ0n) is 12.5. The van der Waals surface area contributed by atoms with Crippen LogP contribution in [-0.4, -0.2) is 39.3 Å². The molecule has 108 valence electrons. The van der Waals surface area contributed by atoms with Gasteiger partial charge in [0.2, 0.25) is 0 Å². The van der Waals surface area contributed by atoms with E-state index in [1.54, 1.807) is 0 Å². The molecular formula is C12H26O5Si. The molecule has 0 saturated carbocycles. The van der Waals surface area contributed by atoms with Gasteiger partial charge < -0.3 is 18.0 Å². The van der Waals surface area contributed by atoms with Crippen LogP contribution in [0.3, 0.4) is 0 Å². The molecule has 0 aromatic rings. The van der Waals surface area contributed by atoms with Gasteiger partial charge in [-0.15, -0.1) is 0 Å². The van der Waals surface area contributed by atoms with Crippen LogP contribution in [0, 0.1) is 0 Å². The van der Waals surface area contributed by atoms with Crippen molar-refractivity contribution in [1.29, 1.82) is 0 Å². The summed E-state index contributed by atoms with van der Waals surface area (Å²) >= 11 is 0. The lowest BCUT2D eigenvalue weighted by atomic mass is 10.5. The zero-order valence-corrected chi connectivity index (χ0v) is 13.5. The number of esters is 1. The summed E-state index contributed by atoms with van der Waals surface area (Å²) in [7, 11) is -2.99. The summed E-state index contributed by atoms with van der Waals surface area (Å²) in [6.45, 7) is 12.8. The number of hydrogen-bond acceptors (Lipinski definition) is 5. The second-order valence-electron chi connectivity index (χ2n) is 4.96. The van der Waals surface area contributed by atoms with Crippen molar-refractivity contribution in [3.63, 3.8) is 0 Å². The van der Waals surface area contributed by atoms with Crippen LogP contribution in [0.15, 0.2) is 0 Å². The first-order valence-corrected chi connectivity index (χ1v) is 8.27. The minimum absolute atomic E-state index is 0.0512. The summed E-state index contributed by atoms with van der Waals surface area (Å²) in [4.78, 5) is 11.0. The molecule has 0 spiro atoms. The largest absolute Gasteiger partial charge is 0.541 e. The van der Waals surface area contributed by atoms with Gasteiger partial charge in [-0.2, -0.15) is 0 Å². The van der Waals surface area contributed by atoms with Crippen LogP contribution in [0.2, 0.25) is 0 Å². The van der Waals surface area contributed by atoms with Crippen molar-refractivity contribution in [3.8, 4) is 0 Å². The maximum Gasteiger partial charge on any atom is 0.541 e. The molecule has 0 bridgehead atoms. The molecule has 0 atom stereocenters. The smallest absolute Gasteiger partial charge is 0.461 e. The van der Waals surface area contributed by atoms with Gasteiger partial charge in [-0.1, -0.05) is 0 Å². The Kier molecular flexibility index (Phi) is 7.69. The molecule has 0 amide bonds. The number of hydrogen-bond donors (Lipinski definition) is 0. The minimum atomic E-state index is -2.99.